The molecule has 0 saturated heterocycles. The molecule has 0 atom stereocenters. The molecule has 3 rings (SSSR count). The number of para-hydroxylation sites is 2. The van der Waals surface area contributed by atoms with Crippen LogP contribution >= 0.6 is 0 Å². The van der Waals surface area contributed by atoms with Crippen LogP contribution in [0.15, 0.2) is 58.3 Å². The molecular formula is C14H14Cl2NO3Pt-. The van der Waals surface area contributed by atoms with Crippen LogP contribution in [-0.2, 0) is 21.1 Å². The Morgan fingerprint density at radius 2 is 1.10 bits per heavy atom. The number of hydrogen-bond acceptors (Lipinski definition) is 4. The largest absolute Gasteiger partial charge is 4.00 e. The van der Waals surface area contributed by atoms with Crippen molar-refractivity contribution >= 4 is 21.9 Å². The first kappa shape index (κ1) is 28.1. The van der Waals surface area contributed by atoms with Crippen LogP contribution in [0, 0.1) is 25.0 Å². The number of fused-ring (bicyclic) bond motifs is 3. The molecule has 0 fully saturated rings. The molecule has 2 aromatic carbocycles. The van der Waals surface area contributed by atoms with E-state index in [9.17, 15) is 0 Å². The van der Waals surface area contributed by atoms with Crippen LogP contribution in [0.1, 0.15) is 0 Å². The molecule has 1 heterocycles. The van der Waals surface area contributed by atoms with Gasteiger partial charge in [-0.2, -0.15) is 0 Å². The van der Waals surface area contributed by atoms with Gasteiger partial charge in [0.15, 0.2) is 0 Å². The van der Waals surface area contributed by atoms with E-state index in [1.165, 1.54) is 10.8 Å². The zero-order chi connectivity index (χ0) is 11.4. The van der Waals surface area contributed by atoms with E-state index in [4.69, 9.17) is 14.5 Å². The van der Waals surface area contributed by atoms with Crippen LogP contribution in [0.4, 0.5) is 0 Å². The van der Waals surface area contributed by atoms with E-state index in [0.717, 1.165) is 16.5 Å². The van der Waals surface area contributed by atoms with E-state index in [1.54, 1.807) is 0 Å². The van der Waals surface area contributed by atoms with Gasteiger partial charge in [0.2, 0.25) is 0 Å². The van der Waals surface area contributed by atoms with Crippen LogP contribution < -0.4 is 24.8 Å². The molecule has 0 aliphatic carbocycles. The summed E-state index contributed by atoms with van der Waals surface area (Å²) in [6.07, 6.45) is 0. The third kappa shape index (κ3) is 6.47. The minimum Gasteiger partial charge on any atom is -1.00 e. The maximum Gasteiger partial charge on any atom is 4.00 e. The van der Waals surface area contributed by atoms with Gasteiger partial charge < -0.3 is 54.2 Å². The van der Waals surface area contributed by atoms with Gasteiger partial charge in [-0.3, -0.25) is 0 Å². The Morgan fingerprint density at radius 1 is 0.810 bits per heavy atom. The Hall–Kier alpha value is -1.09. The van der Waals surface area contributed by atoms with Gasteiger partial charge in [0.25, 0.3) is 0 Å². The topological polar surface area (TPSA) is 65.6 Å². The number of hydrogen-bond donors (Lipinski definition) is 0. The third-order valence-corrected chi connectivity index (χ3v) is 2.28. The van der Waals surface area contributed by atoms with Crippen molar-refractivity contribution in [2.75, 3.05) is 0 Å². The van der Waals surface area contributed by atoms with E-state index in [-0.39, 0.29) is 60.7 Å². The molecule has 118 valence electrons. The zero-order valence-corrected chi connectivity index (χ0v) is 15.1. The molecular weight excluding hydrogens is 496 g/mol. The Kier molecular flexibility index (Phi) is 18.6. The van der Waals surface area contributed by atoms with Crippen molar-refractivity contribution < 1.29 is 50.3 Å². The summed E-state index contributed by atoms with van der Waals surface area (Å²) in [7, 11) is 0. The average Bonchev–Trinajstić information content (AvgIpc) is 2.68. The molecule has 3 aromatic rings. The predicted octanol–water partition coefficient (Wildman–Crippen LogP) is -1.26. The fourth-order valence-electron chi connectivity index (χ4n) is 1.67. The van der Waals surface area contributed by atoms with Crippen molar-refractivity contribution in [2.45, 2.75) is 0 Å². The summed E-state index contributed by atoms with van der Waals surface area (Å²) in [5, 5.41) is 11.4. The van der Waals surface area contributed by atoms with Crippen molar-refractivity contribution in [3.05, 3.63) is 73.5 Å². The second-order valence-electron chi connectivity index (χ2n) is 3.17. The maximum atomic E-state index is 8.00. The van der Waals surface area contributed by atoms with Crippen LogP contribution in [0.25, 0.3) is 21.9 Å². The summed E-state index contributed by atoms with van der Waals surface area (Å²) in [6.45, 7) is 0. The second-order valence-corrected chi connectivity index (χ2v) is 3.17. The molecule has 1 aromatic heterocycles. The number of rotatable bonds is 0. The Bertz CT molecular complexity index is 581. The summed E-state index contributed by atoms with van der Waals surface area (Å²) in [4.78, 5) is 8.00. The normalized spacial score (nSPS) is 7.43. The maximum absolute atomic E-state index is 8.00. The molecule has 0 amide bonds. The van der Waals surface area contributed by atoms with Crippen molar-refractivity contribution in [1.82, 2.24) is 0 Å². The number of benzene rings is 2. The minimum absolute atomic E-state index is 0. The van der Waals surface area contributed by atoms with Gasteiger partial charge >= 0.3 is 21.1 Å². The van der Waals surface area contributed by atoms with Crippen LogP contribution in [0.5, 0.6) is 0 Å². The molecule has 0 unspecified atom stereocenters. The van der Waals surface area contributed by atoms with Gasteiger partial charge in [0, 0.05) is 10.8 Å². The summed E-state index contributed by atoms with van der Waals surface area (Å²) in [5.74, 6) is 0. The number of nitrogens with zero attached hydrogens (tertiary/aromatic N) is 1. The molecule has 21 heavy (non-hydrogen) atoms. The predicted molar refractivity (Wildman–Crippen MR) is 75.7 cm³/mol. The van der Waals surface area contributed by atoms with Gasteiger partial charge in [-0.25, -0.2) is 0 Å². The number of furan rings is 1. The van der Waals surface area contributed by atoms with Crippen molar-refractivity contribution in [1.29, 1.82) is 0 Å². The summed E-state index contributed by atoms with van der Waals surface area (Å²) in [6, 6.07) is 16.2. The quantitative estimate of drug-likeness (QED) is 0.216. The second kappa shape index (κ2) is 13.9. The third-order valence-electron chi connectivity index (χ3n) is 2.28. The van der Waals surface area contributed by atoms with Gasteiger partial charge in [0.1, 0.15) is 11.2 Å². The SMILES string of the molecule is O=N[O-].[CH3-].[CH3-].[Cl-].[Cl-].[Pt+4].c1ccc2c(c1)oc1ccccc12. The molecule has 0 saturated carbocycles. The monoisotopic (exact) mass is 509 g/mol. The number of halogens is 2. The summed E-state index contributed by atoms with van der Waals surface area (Å²) in [5.41, 5.74) is 1.92. The van der Waals surface area contributed by atoms with E-state index < -0.39 is 0 Å². The molecule has 0 aliphatic rings. The molecule has 0 spiro atoms. The first-order valence-electron chi connectivity index (χ1n) is 4.68. The molecule has 0 N–H and O–H groups in total. The molecule has 0 radical (unpaired) electrons. The van der Waals surface area contributed by atoms with Gasteiger partial charge in [-0.15, -0.1) is 5.34 Å². The van der Waals surface area contributed by atoms with Gasteiger partial charge in [-0.1, -0.05) is 36.4 Å². The Morgan fingerprint density at radius 3 is 1.43 bits per heavy atom. The minimum atomic E-state index is 0. The summed E-state index contributed by atoms with van der Waals surface area (Å²) < 4.78 is 5.65. The average molecular weight is 510 g/mol. The molecule has 4 nitrogen and oxygen atoms in total. The zero-order valence-electron chi connectivity index (χ0n) is 11.4. The first-order chi connectivity index (χ1) is 7.86. The van der Waals surface area contributed by atoms with E-state index in [2.05, 4.69) is 12.1 Å². The van der Waals surface area contributed by atoms with Gasteiger partial charge in [0.05, 0.1) is 0 Å². The van der Waals surface area contributed by atoms with Crippen LogP contribution in [0.2, 0.25) is 0 Å². The van der Waals surface area contributed by atoms with Crippen molar-refractivity contribution in [3.8, 4) is 0 Å². The van der Waals surface area contributed by atoms with Crippen LogP contribution in [-0.4, -0.2) is 0 Å². The van der Waals surface area contributed by atoms with E-state index >= 15 is 0 Å². The molecule has 0 aliphatic heterocycles. The molecule has 7 heteroatoms. The Balaban J connectivity index is -0.000000169. The fraction of sp³-hybridized carbons (Fsp3) is 0. The summed E-state index contributed by atoms with van der Waals surface area (Å²) >= 11 is 0. The molecule has 0 bridgehead atoms. The van der Waals surface area contributed by atoms with Gasteiger partial charge in [-0.05, 0) is 12.1 Å². The van der Waals surface area contributed by atoms with Crippen molar-refractivity contribution in [2.24, 2.45) is 5.34 Å². The van der Waals surface area contributed by atoms with Crippen LogP contribution in [0.3, 0.4) is 0 Å². The Labute approximate surface area is 150 Å². The van der Waals surface area contributed by atoms with E-state index in [1.807, 2.05) is 36.4 Å². The fourth-order valence-corrected chi connectivity index (χ4v) is 1.67. The smallest absolute Gasteiger partial charge is 1.00 e. The first-order valence-corrected chi connectivity index (χ1v) is 4.68. The standard InChI is InChI=1S/C12H8O.2CH3.2ClH.HNO2.Pt/c1-3-7-11-9(5-1)10-6-2-4-8-12(10)13-11;;;;;2-1-3;/h1-8H;2*1H3;2*1H;(H,2,3);/q;2*-1;;;;+4/p-3. The van der Waals surface area contributed by atoms with E-state index in [0.29, 0.717) is 0 Å². The van der Waals surface area contributed by atoms with Crippen molar-refractivity contribution in [3.63, 3.8) is 0 Å².